The smallest absolute Gasteiger partial charge is 0.271 e. The molecule has 0 unspecified atom stereocenters. The molecule has 1 aromatic heterocycles. The van der Waals surface area contributed by atoms with Crippen LogP contribution in [0.15, 0.2) is 70.3 Å². The van der Waals surface area contributed by atoms with Crippen LogP contribution in [-0.4, -0.2) is 20.4 Å². The van der Waals surface area contributed by atoms with Crippen LogP contribution in [0.4, 0.5) is 11.4 Å². The number of hydrogen-bond acceptors (Lipinski definition) is 5. The van der Waals surface area contributed by atoms with E-state index >= 15 is 0 Å². The molecule has 0 fully saturated rings. The van der Waals surface area contributed by atoms with Crippen molar-refractivity contribution in [3.63, 3.8) is 0 Å². The van der Waals surface area contributed by atoms with Crippen molar-refractivity contribution in [2.75, 3.05) is 10.0 Å². The number of anilines is 2. The molecule has 0 spiro atoms. The highest BCUT2D eigenvalue weighted by atomic mass is 32.2. The van der Waals surface area contributed by atoms with Gasteiger partial charge in [-0.25, -0.2) is 8.42 Å². The van der Waals surface area contributed by atoms with Crippen LogP contribution in [0.3, 0.4) is 0 Å². The van der Waals surface area contributed by atoms with E-state index in [0.29, 0.717) is 22.7 Å². The van der Waals surface area contributed by atoms with Crippen LogP contribution >= 0.6 is 11.3 Å². The van der Waals surface area contributed by atoms with E-state index in [-0.39, 0.29) is 16.2 Å². The van der Waals surface area contributed by atoms with Gasteiger partial charge in [0.2, 0.25) is 0 Å². The predicted molar refractivity (Wildman–Crippen MR) is 112 cm³/mol. The van der Waals surface area contributed by atoms with Gasteiger partial charge in [-0.05, 0) is 61.7 Å². The van der Waals surface area contributed by atoms with E-state index in [1.807, 2.05) is 26.0 Å². The molecule has 0 saturated heterocycles. The molecule has 0 aliphatic carbocycles. The molecule has 3 rings (SSSR count). The fourth-order valence-corrected chi connectivity index (χ4v) is 4.48. The SMILES string of the molecule is CC(C)Oc1ccccc1NC(=O)c1ccc(NS(=O)(=O)c2cccs2)cc1. The third-order valence-corrected chi connectivity index (χ3v) is 6.44. The van der Waals surface area contributed by atoms with Gasteiger partial charge in [0, 0.05) is 11.3 Å². The molecule has 1 heterocycles. The van der Waals surface area contributed by atoms with Gasteiger partial charge in [-0.2, -0.15) is 0 Å². The van der Waals surface area contributed by atoms with Crippen LogP contribution in [0.5, 0.6) is 5.75 Å². The molecule has 3 aromatic rings. The van der Waals surface area contributed by atoms with E-state index in [4.69, 9.17) is 4.74 Å². The molecule has 1 amide bonds. The second kappa shape index (κ2) is 8.45. The van der Waals surface area contributed by atoms with Crippen LogP contribution < -0.4 is 14.8 Å². The number of rotatable bonds is 7. The molecule has 0 atom stereocenters. The van der Waals surface area contributed by atoms with Crippen molar-refractivity contribution in [3.8, 4) is 5.75 Å². The summed E-state index contributed by atoms with van der Waals surface area (Å²) >= 11 is 1.14. The first-order chi connectivity index (χ1) is 13.3. The maximum atomic E-state index is 12.5. The topological polar surface area (TPSA) is 84.5 Å². The van der Waals surface area contributed by atoms with E-state index in [2.05, 4.69) is 10.0 Å². The molecule has 0 aliphatic heterocycles. The monoisotopic (exact) mass is 416 g/mol. The Morgan fingerprint density at radius 2 is 1.71 bits per heavy atom. The minimum atomic E-state index is -3.62. The number of sulfonamides is 1. The average Bonchev–Trinajstić information content (AvgIpc) is 3.19. The molecule has 8 heteroatoms. The Kier molecular flexibility index (Phi) is 6.01. The van der Waals surface area contributed by atoms with Gasteiger partial charge in [0.25, 0.3) is 15.9 Å². The summed E-state index contributed by atoms with van der Waals surface area (Å²) < 4.78 is 32.9. The van der Waals surface area contributed by atoms with Crippen LogP contribution in [0, 0.1) is 0 Å². The lowest BCUT2D eigenvalue weighted by atomic mass is 10.2. The van der Waals surface area contributed by atoms with Crippen LogP contribution in [-0.2, 0) is 10.0 Å². The number of para-hydroxylation sites is 2. The van der Waals surface area contributed by atoms with Crippen LogP contribution in [0.1, 0.15) is 24.2 Å². The van der Waals surface area contributed by atoms with Gasteiger partial charge in [-0.3, -0.25) is 9.52 Å². The molecule has 0 aliphatic rings. The highest BCUT2D eigenvalue weighted by Gasteiger charge is 2.16. The molecule has 0 radical (unpaired) electrons. The highest BCUT2D eigenvalue weighted by Crippen LogP contribution is 2.26. The summed E-state index contributed by atoms with van der Waals surface area (Å²) in [5.41, 5.74) is 1.36. The van der Waals surface area contributed by atoms with Gasteiger partial charge in [-0.15, -0.1) is 11.3 Å². The lowest BCUT2D eigenvalue weighted by Crippen LogP contribution is -2.15. The Morgan fingerprint density at radius 1 is 1.00 bits per heavy atom. The Morgan fingerprint density at radius 3 is 2.36 bits per heavy atom. The van der Waals surface area contributed by atoms with E-state index in [0.717, 1.165) is 11.3 Å². The van der Waals surface area contributed by atoms with Gasteiger partial charge >= 0.3 is 0 Å². The third kappa shape index (κ3) is 4.90. The van der Waals surface area contributed by atoms with E-state index in [1.165, 1.54) is 6.07 Å². The maximum Gasteiger partial charge on any atom is 0.271 e. The molecule has 0 saturated carbocycles. The number of carbonyl (C=O) groups is 1. The van der Waals surface area contributed by atoms with Gasteiger partial charge in [-0.1, -0.05) is 18.2 Å². The quantitative estimate of drug-likeness (QED) is 0.590. The van der Waals surface area contributed by atoms with Gasteiger partial charge in [0.05, 0.1) is 11.8 Å². The number of amides is 1. The van der Waals surface area contributed by atoms with Gasteiger partial charge in [0.15, 0.2) is 0 Å². The molecule has 2 N–H and O–H groups in total. The maximum absolute atomic E-state index is 12.5. The van der Waals surface area contributed by atoms with Gasteiger partial charge < -0.3 is 10.1 Å². The Balaban J connectivity index is 1.71. The zero-order valence-electron chi connectivity index (χ0n) is 15.4. The molecule has 146 valence electrons. The predicted octanol–water partition coefficient (Wildman–Crippen LogP) is 4.59. The number of benzene rings is 2. The first-order valence-corrected chi connectivity index (χ1v) is 10.9. The normalized spacial score (nSPS) is 11.2. The van der Waals surface area contributed by atoms with Crippen molar-refractivity contribution in [2.24, 2.45) is 0 Å². The summed E-state index contributed by atoms with van der Waals surface area (Å²) in [6, 6.07) is 16.6. The molecular weight excluding hydrogens is 396 g/mol. The summed E-state index contributed by atoms with van der Waals surface area (Å²) in [6.45, 7) is 3.82. The fraction of sp³-hybridized carbons (Fsp3) is 0.150. The molecule has 6 nitrogen and oxygen atoms in total. The van der Waals surface area contributed by atoms with Crippen molar-refractivity contribution >= 4 is 38.6 Å². The van der Waals surface area contributed by atoms with Crippen LogP contribution in [0.25, 0.3) is 0 Å². The molecular formula is C20H20N2O4S2. The molecule has 28 heavy (non-hydrogen) atoms. The lowest BCUT2D eigenvalue weighted by Gasteiger charge is -2.15. The molecule has 2 aromatic carbocycles. The second-order valence-electron chi connectivity index (χ2n) is 6.23. The van der Waals surface area contributed by atoms with Gasteiger partial charge in [0.1, 0.15) is 9.96 Å². The van der Waals surface area contributed by atoms with Crippen LogP contribution in [0.2, 0.25) is 0 Å². The number of nitrogens with one attached hydrogen (secondary N) is 2. The second-order valence-corrected chi connectivity index (χ2v) is 9.09. The highest BCUT2D eigenvalue weighted by molar-refractivity contribution is 7.94. The molecule has 0 bridgehead atoms. The van der Waals surface area contributed by atoms with E-state index in [1.54, 1.807) is 47.8 Å². The zero-order valence-corrected chi connectivity index (χ0v) is 17.0. The number of thiophene rings is 1. The van der Waals surface area contributed by atoms with Crippen molar-refractivity contribution < 1.29 is 17.9 Å². The largest absolute Gasteiger partial charge is 0.489 e. The summed E-state index contributed by atoms with van der Waals surface area (Å²) in [6.07, 6.45) is -0.0197. The standard InChI is InChI=1S/C20H20N2O4S2/c1-14(2)26-18-7-4-3-6-17(18)21-20(23)15-9-11-16(12-10-15)22-28(24,25)19-8-5-13-27-19/h3-14,22H,1-2H3,(H,21,23). The Hall–Kier alpha value is -2.84. The first kappa shape index (κ1) is 19.9. The van der Waals surface area contributed by atoms with Crippen molar-refractivity contribution in [1.82, 2.24) is 0 Å². The van der Waals surface area contributed by atoms with Crippen molar-refractivity contribution in [1.29, 1.82) is 0 Å². The summed E-state index contributed by atoms with van der Waals surface area (Å²) in [4.78, 5) is 12.5. The summed E-state index contributed by atoms with van der Waals surface area (Å²) in [5.74, 6) is 0.277. The lowest BCUT2D eigenvalue weighted by molar-refractivity contribution is 0.102. The number of carbonyl (C=O) groups excluding carboxylic acids is 1. The van der Waals surface area contributed by atoms with E-state index in [9.17, 15) is 13.2 Å². The number of ether oxygens (including phenoxy) is 1. The van der Waals surface area contributed by atoms with E-state index < -0.39 is 10.0 Å². The summed E-state index contributed by atoms with van der Waals surface area (Å²) in [7, 11) is -3.62. The Bertz CT molecular complexity index is 1040. The number of hydrogen-bond donors (Lipinski definition) is 2. The fourth-order valence-electron chi connectivity index (χ4n) is 2.43. The third-order valence-electron chi connectivity index (χ3n) is 3.66. The Labute approximate surface area is 168 Å². The minimum absolute atomic E-state index is 0.0197. The first-order valence-electron chi connectivity index (χ1n) is 8.58. The van der Waals surface area contributed by atoms with Crippen molar-refractivity contribution in [2.45, 2.75) is 24.2 Å². The zero-order chi connectivity index (χ0) is 20.1. The minimum Gasteiger partial charge on any atom is -0.489 e. The summed E-state index contributed by atoms with van der Waals surface area (Å²) in [5, 5.41) is 4.52. The average molecular weight is 417 g/mol. The van der Waals surface area contributed by atoms with Crippen molar-refractivity contribution in [3.05, 3.63) is 71.6 Å².